The van der Waals surface area contributed by atoms with Crippen LogP contribution in [0.4, 0.5) is 11.5 Å². The van der Waals surface area contributed by atoms with Crippen molar-refractivity contribution >= 4 is 34.7 Å². The Balaban J connectivity index is 1.69. The van der Waals surface area contributed by atoms with E-state index in [0.29, 0.717) is 17.1 Å². The molecule has 0 saturated heterocycles. The van der Waals surface area contributed by atoms with Crippen molar-refractivity contribution < 1.29 is 14.1 Å². The maximum absolute atomic E-state index is 12.3. The van der Waals surface area contributed by atoms with Gasteiger partial charge in [-0.15, -0.1) is 0 Å². The fourth-order valence-corrected chi connectivity index (χ4v) is 2.51. The van der Waals surface area contributed by atoms with E-state index in [1.54, 1.807) is 24.3 Å². The Kier molecular flexibility index (Phi) is 5.23. The molecule has 2 aromatic heterocycles. The van der Waals surface area contributed by atoms with Gasteiger partial charge in [0.2, 0.25) is 0 Å². The topological polar surface area (TPSA) is 110 Å². The Labute approximate surface area is 159 Å². The third kappa shape index (κ3) is 4.53. The molecule has 0 atom stereocenters. The number of anilines is 1. The van der Waals surface area contributed by atoms with Gasteiger partial charge < -0.3 is 9.73 Å². The van der Waals surface area contributed by atoms with Gasteiger partial charge in [0.15, 0.2) is 10.9 Å². The molecule has 3 aromatic rings. The fraction of sp³-hybridized carbons (Fsp3) is 0.0556. The third-order valence-electron chi connectivity index (χ3n) is 3.53. The largest absolute Gasteiger partial charge is 0.451 e. The van der Waals surface area contributed by atoms with Gasteiger partial charge in [0.1, 0.15) is 11.6 Å². The molecule has 0 bridgehead atoms. The van der Waals surface area contributed by atoms with Gasteiger partial charge in [-0.05, 0) is 43.4 Å². The fourth-order valence-electron chi connectivity index (χ4n) is 2.31. The highest BCUT2D eigenvalue weighted by atomic mass is 32.1. The Hall–Kier alpha value is -3.59. The van der Waals surface area contributed by atoms with Gasteiger partial charge in [-0.1, -0.05) is 18.2 Å². The third-order valence-corrected chi connectivity index (χ3v) is 3.73. The van der Waals surface area contributed by atoms with E-state index in [9.17, 15) is 14.9 Å². The molecule has 0 aliphatic rings. The molecule has 1 aromatic carbocycles. The molecular weight excluding hydrogens is 368 g/mol. The number of carbonyl (C=O) groups is 1. The van der Waals surface area contributed by atoms with E-state index in [1.165, 1.54) is 18.2 Å². The summed E-state index contributed by atoms with van der Waals surface area (Å²) in [5.41, 5.74) is 1.24. The van der Waals surface area contributed by atoms with E-state index in [-0.39, 0.29) is 16.6 Å². The van der Waals surface area contributed by atoms with Gasteiger partial charge in [-0.2, -0.15) is 0 Å². The number of amides is 1. The Morgan fingerprint density at radius 3 is 2.70 bits per heavy atom. The maximum atomic E-state index is 12.3. The molecule has 8 nitrogen and oxygen atoms in total. The number of benzene rings is 1. The van der Waals surface area contributed by atoms with Crippen LogP contribution in [0.3, 0.4) is 0 Å². The van der Waals surface area contributed by atoms with Crippen molar-refractivity contribution in [2.75, 3.05) is 5.32 Å². The molecular formula is C18H14N4O4S. The molecule has 0 radical (unpaired) electrons. The van der Waals surface area contributed by atoms with Gasteiger partial charge in [-0.3, -0.25) is 20.2 Å². The van der Waals surface area contributed by atoms with Crippen LogP contribution < -0.4 is 10.6 Å². The van der Waals surface area contributed by atoms with Crippen LogP contribution in [0.1, 0.15) is 16.2 Å². The predicted molar refractivity (Wildman–Crippen MR) is 103 cm³/mol. The second kappa shape index (κ2) is 7.75. The van der Waals surface area contributed by atoms with Gasteiger partial charge in [0.25, 0.3) is 11.6 Å². The maximum Gasteiger partial charge on any atom is 0.293 e. The molecule has 136 valence electrons. The number of aromatic nitrogens is 1. The monoisotopic (exact) mass is 382 g/mol. The standard InChI is InChI=1S/C18H14N4O4S/c1-11-4-2-7-16(19-11)20-18(27)21-17(23)15-9-8-14(26-15)12-5-3-6-13(10-12)22(24)25/h2-10H,1H3,(H2,19,20,21,23,27). The second-order valence-corrected chi connectivity index (χ2v) is 5.95. The minimum Gasteiger partial charge on any atom is -0.451 e. The van der Waals surface area contributed by atoms with E-state index in [1.807, 2.05) is 19.1 Å². The number of furan rings is 1. The highest BCUT2D eigenvalue weighted by Gasteiger charge is 2.15. The first-order valence-corrected chi connectivity index (χ1v) is 8.24. The van der Waals surface area contributed by atoms with Gasteiger partial charge in [0, 0.05) is 23.4 Å². The number of nitrogens with one attached hydrogen (secondary N) is 2. The molecule has 0 unspecified atom stereocenters. The van der Waals surface area contributed by atoms with Crippen molar-refractivity contribution in [3.05, 3.63) is 76.2 Å². The van der Waals surface area contributed by atoms with Gasteiger partial charge >= 0.3 is 0 Å². The summed E-state index contributed by atoms with van der Waals surface area (Å²) in [7, 11) is 0. The Bertz CT molecular complexity index is 1030. The van der Waals surface area contributed by atoms with Crippen LogP contribution in [0.15, 0.2) is 59.0 Å². The number of hydrogen-bond acceptors (Lipinski definition) is 6. The summed E-state index contributed by atoms with van der Waals surface area (Å²) < 4.78 is 5.50. The van der Waals surface area contributed by atoms with Crippen molar-refractivity contribution in [3.63, 3.8) is 0 Å². The lowest BCUT2D eigenvalue weighted by atomic mass is 10.1. The van der Waals surface area contributed by atoms with E-state index in [2.05, 4.69) is 15.6 Å². The summed E-state index contributed by atoms with van der Waals surface area (Å²) in [4.78, 5) is 26.9. The average Bonchev–Trinajstić information content (AvgIpc) is 3.12. The summed E-state index contributed by atoms with van der Waals surface area (Å²) in [5.74, 6) is 0.329. The van der Waals surface area contributed by atoms with Crippen LogP contribution in [-0.2, 0) is 0 Å². The molecule has 0 aliphatic carbocycles. The molecule has 0 saturated carbocycles. The van der Waals surface area contributed by atoms with E-state index >= 15 is 0 Å². The van der Waals surface area contributed by atoms with Crippen LogP contribution >= 0.6 is 12.2 Å². The number of pyridine rings is 1. The van der Waals surface area contributed by atoms with E-state index < -0.39 is 10.8 Å². The highest BCUT2D eigenvalue weighted by Crippen LogP contribution is 2.25. The lowest BCUT2D eigenvalue weighted by Gasteiger charge is -2.08. The van der Waals surface area contributed by atoms with E-state index in [4.69, 9.17) is 16.6 Å². The minimum absolute atomic E-state index is 0.0258. The molecule has 0 aliphatic heterocycles. The number of aryl methyl sites for hydroxylation is 1. The van der Waals surface area contributed by atoms with Crippen molar-refractivity contribution in [3.8, 4) is 11.3 Å². The predicted octanol–water partition coefficient (Wildman–Crippen LogP) is 3.69. The molecule has 0 fully saturated rings. The Morgan fingerprint density at radius 1 is 1.19 bits per heavy atom. The molecule has 0 spiro atoms. The van der Waals surface area contributed by atoms with Crippen molar-refractivity contribution in [1.29, 1.82) is 0 Å². The average molecular weight is 382 g/mol. The lowest BCUT2D eigenvalue weighted by molar-refractivity contribution is -0.384. The first kappa shape index (κ1) is 18.2. The summed E-state index contributed by atoms with van der Waals surface area (Å²) in [6.07, 6.45) is 0. The second-order valence-electron chi connectivity index (χ2n) is 5.54. The molecule has 9 heteroatoms. The van der Waals surface area contributed by atoms with Crippen molar-refractivity contribution in [1.82, 2.24) is 10.3 Å². The Morgan fingerprint density at radius 2 is 1.96 bits per heavy atom. The van der Waals surface area contributed by atoms with Crippen molar-refractivity contribution in [2.45, 2.75) is 6.92 Å². The summed E-state index contributed by atoms with van der Waals surface area (Å²) >= 11 is 5.10. The number of hydrogen-bond donors (Lipinski definition) is 2. The molecule has 3 rings (SSSR count). The SMILES string of the molecule is Cc1cccc(NC(=S)NC(=O)c2ccc(-c3cccc([N+](=O)[O-])c3)o2)n1. The van der Waals surface area contributed by atoms with Crippen LogP contribution in [-0.4, -0.2) is 20.9 Å². The molecule has 2 heterocycles. The zero-order valence-corrected chi connectivity index (χ0v) is 14.9. The first-order valence-electron chi connectivity index (χ1n) is 7.83. The first-order chi connectivity index (χ1) is 12.9. The molecule has 2 N–H and O–H groups in total. The van der Waals surface area contributed by atoms with Gasteiger partial charge in [0.05, 0.1) is 4.92 Å². The summed E-state index contributed by atoms with van der Waals surface area (Å²) in [6.45, 7) is 1.84. The number of nitro benzene ring substituents is 1. The number of nitrogens with zero attached hydrogens (tertiary/aromatic N) is 2. The van der Waals surface area contributed by atoms with Crippen molar-refractivity contribution in [2.24, 2.45) is 0 Å². The number of thiocarbonyl (C=S) groups is 1. The summed E-state index contributed by atoms with van der Waals surface area (Å²) in [6, 6.07) is 14.4. The normalized spacial score (nSPS) is 10.3. The van der Waals surface area contributed by atoms with Crippen LogP contribution in [0.2, 0.25) is 0 Å². The summed E-state index contributed by atoms with van der Waals surface area (Å²) in [5, 5.41) is 16.3. The number of rotatable bonds is 4. The quantitative estimate of drug-likeness (QED) is 0.402. The zero-order valence-electron chi connectivity index (χ0n) is 14.1. The van der Waals surface area contributed by atoms with Crippen LogP contribution in [0.25, 0.3) is 11.3 Å². The van der Waals surface area contributed by atoms with Crippen LogP contribution in [0, 0.1) is 17.0 Å². The minimum atomic E-state index is -0.545. The smallest absolute Gasteiger partial charge is 0.293 e. The highest BCUT2D eigenvalue weighted by molar-refractivity contribution is 7.80. The van der Waals surface area contributed by atoms with Gasteiger partial charge in [-0.25, -0.2) is 4.98 Å². The lowest BCUT2D eigenvalue weighted by Crippen LogP contribution is -2.34. The number of carbonyl (C=O) groups excluding carboxylic acids is 1. The number of non-ortho nitro benzene ring substituents is 1. The zero-order chi connectivity index (χ0) is 19.4. The number of nitro groups is 1. The van der Waals surface area contributed by atoms with Crippen LogP contribution in [0.5, 0.6) is 0 Å². The molecule has 27 heavy (non-hydrogen) atoms. The van der Waals surface area contributed by atoms with E-state index in [0.717, 1.165) is 5.69 Å². The molecule has 1 amide bonds.